The number of carbonyl (C=O) groups is 1. The van der Waals surface area contributed by atoms with Gasteiger partial charge in [-0.1, -0.05) is 36.0 Å². The largest absolute Gasteiger partial charge is 0.492 e. The second kappa shape index (κ2) is 7.53. The van der Waals surface area contributed by atoms with Crippen LogP contribution in [0.25, 0.3) is 16.6 Å². The van der Waals surface area contributed by atoms with Crippen LogP contribution in [0.4, 0.5) is 0 Å². The maximum atomic E-state index is 13.1. The number of Topliss-reactive ketones (excluding diaryl/α,β-unsaturated/α-hetero) is 1. The molecule has 6 heteroatoms. The first-order chi connectivity index (χ1) is 12.1. The van der Waals surface area contributed by atoms with Crippen LogP contribution in [0.3, 0.4) is 0 Å². The van der Waals surface area contributed by atoms with Crippen LogP contribution in [0.1, 0.15) is 13.8 Å². The Morgan fingerprint density at radius 1 is 1.16 bits per heavy atom. The van der Waals surface area contributed by atoms with Crippen LogP contribution >= 0.6 is 11.8 Å². The van der Waals surface area contributed by atoms with E-state index in [9.17, 15) is 9.59 Å². The molecule has 2 aromatic carbocycles. The van der Waals surface area contributed by atoms with Gasteiger partial charge < -0.3 is 4.74 Å². The number of rotatable bonds is 6. The molecule has 0 N–H and O–H groups in total. The number of thioether (sulfide) groups is 1. The van der Waals surface area contributed by atoms with E-state index in [-0.39, 0.29) is 17.1 Å². The fraction of sp³-hybridized carbons (Fsp3) is 0.211. The SMILES string of the molecule is CCOc1ccccc1-n1c(SCC(C)=O)nc2ccccc2c1=O. The van der Waals surface area contributed by atoms with Crippen LogP contribution in [-0.2, 0) is 4.79 Å². The molecular formula is C19H18N2O3S. The van der Waals surface area contributed by atoms with Crippen molar-refractivity contribution in [1.29, 1.82) is 0 Å². The third kappa shape index (κ3) is 3.58. The molecule has 0 amide bonds. The summed E-state index contributed by atoms with van der Waals surface area (Å²) in [7, 11) is 0. The van der Waals surface area contributed by atoms with Gasteiger partial charge in [0.05, 0.1) is 29.0 Å². The van der Waals surface area contributed by atoms with Gasteiger partial charge >= 0.3 is 0 Å². The first kappa shape index (κ1) is 17.2. The molecule has 0 aliphatic carbocycles. The summed E-state index contributed by atoms with van der Waals surface area (Å²) in [6, 6.07) is 14.5. The lowest BCUT2D eigenvalue weighted by atomic mass is 10.2. The van der Waals surface area contributed by atoms with E-state index in [2.05, 4.69) is 4.98 Å². The lowest BCUT2D eigenvalue weighted by Gasteiger charge is -2.16. The lowest BCUT2D eigenvalue weighted by molar-refractivity contribution is -0.114. The van der Waals surface area contributed by atoms with Gasteiger partial charge in [-0.25, -0.2) is 4.98 Å². The zero-order valence-electron chi connectivity index (χ0n) is 14.1. The molecule has 0 unspecified atom stereocenters. The minimum absolute atomic E-state index is 0.0250. The molecular weight excluding hydrogens is 336 g/mol. The first-order valence-electron chi connectivity index (χ1n) is 7.98. The molecule has 0 fully saturated rings. The van der Waals surface area contributed by atoms with Gasteiger partial charge in [0.25, 0.3) is 5.56 Å². The van der Waals surface area contributed by atoms with E-state index in [1.54, 1.807) is 12.1 Å². The fourth-order valence-electron chi connectivity index (χ4n) is 2.51. The summed E-state index contributed by atoms with van der Waals surface area (Å²) in [6.07, 6.45) is 0. The number of para-hydroxylation sites is 3. The zero-order chi connectivity index (χ0) is 17.8. The Kier molecular flexibility index (Phi) is 5.19. The molecule has 128 valence electrons. The van der Waals surface area contributed by atoms with E-state index in [0.29, 0.717) is 34.1 Å². The second-order valence-electron chi connectivity index (χ2n) is 5.44. The van der Waals surface area contributed by atoms with Crippen molar-refractivity contribution < 1.29 is 9.53 Å². The van der Waals surface area contributed by atoms with Gasteiger partial charge in [-0.2, -0.15) is 0 Å². The number of aromatic nitrogens is 2. The molecule has 0 radical (unpaired) electrons. The average Bonchev–Trinajstić information content (AvgIpc) is 2.61. The summed E-state index contributed by atoms with van der Waals surface area (Å²) in [5.74, 6) is 0.882. The minimum Gasteiger partial charge on any atom is -0.492 e. The van der Waals surface area contributed by atoms with Crippen molar-refractivity contribution in [2.24, 2.45) is 0 Å². The highest BCUT2D eigenvalue weighted by molar-refractivity contribution is 7.99. The van der Waals surface area contributed by atoms with Crippen molar-refractivity contribution in [2.75, 3.05) is 12.4 Å². The van der Waals surface area contributed by atoms with E-state index in [4.69, 9.17) is 4.74 Å². The molecule has 0 aliphatic rings. The smallest absolute Gasteiger partial charge is 0.266 e. The van der Waals surface area contributed by atoms with Crippen LogP contribution in [0.5, 0.6) is 5.75 Å². The predicted molar refractivity (Wildman–Crippen MR) is 99.9 cm³/mol. The number of ketones is 1. The van der Waals surface area contributed by atoms with Gasteiger partial charge in [0.1, 0.15) is 11.5 Å². The third-order valence-corrected chi connectivity index (χ3v) is 4.64. The minimum atomic E-state index is -0.177. The second-order valence-corrected chi connectivity index (χ2v) is 6.39. The lowest BCUT2D eigenvalue weighted by Crippen LogP contribution is -2.22. The van der Waals surface area contributed by atoms with Gasteiger partial charge in [0.2, 0.25) is 0 Å². The van der Waals surface area contributed by atoms with Gasteiger partial charge in [0.15, 0.2) is 5.16 Å². The molecule has 0 aliphatic heterocycles. The summed E-state index contributed by atoms with van der Waals surface area (Å²) in [5.41, 5.74) is 1.06. The molecule has 25 heavy (non-hydrogen) atoms. The van der Waals surface area contributed by atoms with E-state index in [1.807, 2.05) is 43.3 Å². The van der Waals surface area contributed by atoms with Crippen LogP contribution in [0, 0.1) is 0 Å². The molecule has 3 rings (SSSR count). The number of hydrogen-bond acceptors (Lipinski definition) is 5. The highest BCUT2D eigenvalue weighted by atomic mass is 32.2. The molecule has 0 bridgehead atoms. The number of carbonyl (C=O) groups excluding carboxylic acids is 1. The Bertz CT molecular complexity index is 982. The monoisotopic (exact) mass is 354 g/mol. The summed E-state index contributed by atoms with van der Waals surface area (Å²) in [5, 5.41) is 1.01. The molecule has 0 saturated heterocycles. The van der Waals surface area contributed by atoms with Crippen LogP contribution in [0.2, 0.25) is 0 Å². The van der Waals surface area contributed by atoms with E-state index in [1.165, 1.54) is 23.3 Å². The third-order valence-electron chi connectivity index (χ3n) is 3.56. The Balaban J connectivity index is 2.28. The van der Waals surface area contributed by atoms with Crippen molar-refractivity contribution in [3.8, 4) is 11.4 Å². The Morgan fingerprint density at radius 3 is 2.64 bits per heavy atom. The van der Waals surface area contributed by atoms with Crippen molar-refractivity contribution in [3.63, 3.8) is 0 Å². The van der Waals surface area contributed by atoms with E-state index < -0.39 is 0 Å². The summed E-state index contributed by atoms with van der Waals surface area (Å²) < 4.78 is 7.20. The summed E-state index contributed by atoms with van der Waals surface area (Å²) in [4.78, 5) is 29.1. The maximum Gasteiger partial charge on any atom is 0.266 e. The molecule has 0 atom stereocenters. The Hall–Kier alpha value is -2.60. The topological polar surface area (TPSA) is 61.2 Å². The van der Waals surface area contributed by atoms with Crippen molar-refractivity contribution >= 4 is 28.4 Å². The van der Waals surface area contributed by atoms with Crippen LogP contribution in [-0.4, -0.2) is 27.7 Å². The first-order valence-corrected chi connectivity index (χ1v) is 8.96. The Labute approximate surface area is 149 Å². The standard InChI is InChI=1S/C19H18N2O3S/c1-3-24-17-11-7-6-10-16(17)21-18(23)14-8-4-5-9-15(14)20-19(21)25-12-13(2)22/h4-11H,3,12H2,1-2H3. The normalized spacial score (nSPS) is 10.8. The van der Waals surface area contributed by atoms with Gasteiger partial charge in [-0.3, -0.25) is 14.2 Å². The summed E-state index contributed by atoms with van der Waals surface area (Å²) in [6.45, 7) is 3.90. The molecule has 0 spiro atoms. The molecule has 3 aromatic rings. The van der Waals surface area contributed by atoms with E-state index >= 15 is 0 Å². The van der Waals surface area contributed by atoms with Crippen LogP contribution < -0.4 is 10.3 Å². The molecule has 5 nitrogen and oxygen atoms in total. The Morgan fingerprint density at radius 2 is 1.88 bits per heavy atom. The van der Waals surface area contributed by atoms with Crippen LogP contribution in [0.15, 0.2) is 58.5 Å². The molecule has 1 heterocycles. The van der Waals surface area contributed by atoms with Gasteiger partial charge in [-0.15, -0.1) is 0 Å². The average molecular weight is 354 g/mol. The van der Waals surface area contributed by atoms with E-state index in [0.717, 1.165) is 0 Å². The highest BCUT2D eigenvalue weighted by Gasteiger charge is 2.16. The maximum absolute atomic E-state index is 13.1. The highest BCUT2D eigenvalue weighted by Crippen LogP contribution is 2.27. The van der Waals surface area contributed by atoms with Crippen molar-refractivity contribution in [2.45, 2.75) is 19.0 Å². The molecule has 0 saturated carbocycles. The zero-order valence-corrected chi connectivity index (χ0v) is 14.9. The number of benzene rings is 2. The summed E-state index contributed by atoms with van der Waals surface area (Å²) >= 11 is 1.25. The number of hydrogen-bond donors (Lipinski definition) is 0. The number of fused-ring (bicyclic) bond motifs is 1. The van der Waals surface area contributed by atoms with Crippen molar-refractivity contribution in [3.05, 3.63) is 58.9 Å². The molecule has 1 aromatic heterocycles. The van der Waals surface area contributed by atoms with Gasteiger partial charge in [0, 0.05) is 0 Å². The fourth-order valence-corrected chi connectivity index (χ4v) is 3.31. The van der Waals surface area contributed by atoms with Gasteiger partial charge in [-0.05, 0) is 38.1 Å². The number of nitrogens with zero attached hydrogens (tertiary/aromatic N) is 2. The number of ether oxygens (including phenoxy) is 1. The van der Waals surface area contributed by atoms with Crippen molar-refractivity contribution in [1.82, 2.24) is 9.55 Å². The predicted octanol–water partition coefficient (Wildman–Crippen LogP) is 3.47. The quantitative estimate of drug-likeness (QED) is 0.501.